The first-order valence-electron chi connectivity index (χ1n) is 13.1. The molecule has 5 rings (SSSR count). The van der Waals surface area contributed by atoms with E-state index < -0.39 is 40.4 Å². The van der Waals surface area contributed by atoms with Crippen LogP contribution in [0.4, 0.5) is 10.1 Å². The van der Waals surface area contributed by atoms with Gasteiger partial charge in [0.2, 0.25) is 11.3 Å². The Morgan fingerprint density at radius 3 is 2.44 bits per heavy atom. The summed E-state index contributed by atoms with van der Waals surface area (Å²) in [6.07, 6.45) is 1.25. The predicted octanol–water partition coefficient (Wildman–Crippen LogP) is 2.43. The Morgan fingerprint density at radius 1 is 1.05 bits per heavy atom. The number of halogens is 1. The van der Waals surface area contributed by atoms with Crippen LogP contribution in [0.5, 0.6) is 0 Å². The third-order valence-electron chi connectivity index (χ3n) is 7.26. The van der Waals surface area contributed by atoms with Crippen LogP contribution in [-0.2, 0) is 11.3 Å². The number of nitrogens with zero attached hydrogens (tertiary/aromatic N) is 3. The Morgan fingerprint density at radius 2 is 1.76 bits per heavy atom. The Balaban J connectivity index is 1.28. The second-order valence-electron chi connectivity index (χ2n) is 9.78. The van der Waals surface area contributed by atoms with Crippen molar-refractivity contribution in [2.24, 2.45) is 0 Å². The monoisotopic (exact) mass is 562 g/mol. The summed E-state index contributed by atoms with van der Waals surface area (Å²) in [7, 11) is 0. The molecule has 0 bridgehead atoms. The molecule has 0 unspecified atom stereocenters. The fraction of sp³-hybridized carbons (Fsp3) is 0.276. The Bertz CT molecular complexity index is 1820. The summed E-state index contributed by atoms with van der Waals surface area (Å²) in [6.45, 7) is 4.73. The zero-order chi connectivity index (χ0) is 29.4. The summed E-state index contributed by atoms with van der Waals surface area (Å²) in [5.74, 6) is -3.14. The minimum atomic E-state index is -1.38. The number of aromatic carboxylic acids is 1. The number of hydrogen-bond acceptors (Lipinski definition) is 7. The molecule has 1 aliphatic rings. The minimum absolute atomic E-state index is 0.0215. The first-order chi connectivity index (χ1) is 19.6. The molecule has 2 aromatic heterocycles. The van der Waals surface area contributed by atoms with Crippen molar-refractivity contribution in [1.82, 2.24) is 14.8 Å². The van der Waals surface area contributed by atoms with Crippen LogP contribution in [0.2, 0.25) is 0 Å². The van der Waals surface area contributed by atoms with E-state index in [1.807, 2.05) is 0 Å². The Kier molecular flexibility index (Phi) is 7.31. The van der Waals surface area contributed by atoms with E-state index in [1.165, 1.54) is 25.3 Å². The molecule has 11 nitrogen and oxygen atoms in total. The number of rotatable bonds is 6. The maximum atomic E-state index is 15.2. The molecule has 0 spiro atoms. The number of para-hydroxylation sites is 1. The molecule has 1 saturated heterocycles. The predicted molar refractivity (Wildman–Crippen MR) is 149 cm³/mol. The first kappa shape index (κ1) is 27.6. The van der Waals surface area contributed by atoms with Crippen molar-refractivity contribution in [3.63, 3.8) is 0 Å². The number of carboxylic acids is 1. The molecule has 41 heavy (non-hydrogen) atoms. The van der Waals surface area contributed by atoms with E-state index in [0.29, 0.717) is 23.0 Å². The number of benzene rings is 2. The maximum Gasteiger partial charge on any atom is 0.349 e. The molecule has 12 heteroatoms. The van der Waals surface area contributed by atoms with Crippen LogP contribution in [0, 0.1) is 5.82 Å². The van der Waals surface area contributed by atoms with Gasteiger partial charge in [-0.3, -0.25) is 14.4 Å². The van der Waals surface area contributed by atoms with Gasteiger partial charge in [0.25, 0.3) is 5.91 Å². The van der Waals surface area contributed by atoms with Crippen LogP contribution >= 0.6 is 0 Å². The molecule has 1 atom stereocenters. The Hall–Kier alpha value is -5.00. The number of fused-ring (bicyclic) bond motifs is 2. The van der Waals surface area contributed by atoms with Gasteiger partial charge in [0.15, 0.2) is 0 Å². The normalized spacial score (nSPS) is 14.3. The molecule has 2 amide bonds. The molecular formula is C29H27FN4O7. The van der Waals surface area contributed by atoms with Crippen molar-refractivity contribution in [2.75, 3.05) is 31.1 Å². The number of piperazine rings is 1. The van der Waals surface area contributed by atoms with E-state index >= 15 is 4.39 Å². The molecular weight excluding hydrogens is 535 g/mol. The molecule has 0 saturated carbocycles. The third-order valence-corrected chi connectivity index (χ3v) is 7.26. The van der Waals surface area contributed by atoms with Crippen LogP contribution in [0.15, 0.2) is 62.7 Å². The standard InChI is InChI=1S/C29H27FN4O7/c1-3-32-15-20(28(38)39)25(35)18-13-21(30)23(14-22(18)32)33-8-10-34(11-9-33)27(37)16(2)31-26(36)19-12-17-6-4-5-7-24(17)41-29(19)40/h4-7,12-16H,3,8-11H2,1-2H3,(H,31,36)(H,38,39)/t16-/m0/s1. The lowest BCUT2D eigenvalue weighted by atomic mass is 10.1. The van der Waals surface area contributed by atoms with Gasteiger partial charge in [0, 0.05) is 49.7 Å². The van der Waals surface area contributed by atoms with Crippen LogP contribution in [0.1, 0.15) is 34.6 Å². The van der Waals surface area contributed by atoms with Gasteiger partial charge in [-0.1, -0.05) is 18.2 Å². The number of aryl methyl sites for hydroxylation is 1. The quantitative estimate of drug-likeness (QED) is 0.341. The van der Waals surface area contributed by atoms with Gasteiger partial charge in [-0.2, -0.15) is 0 Å². The van der Waals surface area contributed by atoms with Gasteiger partial charge < -0.3 is 29.2 Å². The number of hydrogen-bond donors (Lipinski definition) is 2. The third kappa shape index (κ3) is 5.15. The number of carbonyl (C=O) groups is 3. The van der Waals surface area contributed by atoms with Crippen molar-refractivity contribution < 1.29 is 28.3 Å². The first-order valence-corrected chi connectivity index (χ1v) is 13.1. The lowest BCUT2D eigenvalue weighted by Crippen LogP contribution is -2.54. The summed E-state index contributed by atoms with van der Waals surface area (Å²) in [6, 6.07) is 9.85. The fourth-order valence-electron chi connectivity index (χ4n) is 5.05. The maximum absolute atomic E-state index is 15.2. The number of anilines is 1. The molecule has 0 radical (unpaired) electrons. The van der Waals surface area contributed by atoms with E-state index in [1.54, 1.807) is 45.6 Å². The van der Waals surface area contributed by atoms with Crippen LogP contribution in [0.25, 0.3) is 21.9 Å². The SMILES string of the molecule is CCn1cc(C(=O)O)c(=O)c2cc(F)c(N3CCN(C(=O)[C@H](C)NC(=O)c4cc5ccccc5oc4=O)CC3)cc21. The number of pyridine rings is 1. The van der Waals surface area contributed by atoms with E-state index in [-0.39, 0.29) is 48.7 Å². The van der Waals surface area contributed by atoms with Gasteiger partial charge in [-0.15, -0.1) is 0 Å². The zero-order valence-electron chi connectivity index (χ0n) is 22.3. The number of carbonyl (C=O) groups excluding carboxylic acids is 2. The van der Waals surface area contributed by atoms with E-state index in [9.17, 15) is 29.1 Å². The number of nitrogens with one attached hydrogen (secondary N) is 1. The van der Waals surface area contributed by atoms with Gasteiger partial charge >= 0.3 is 11.6 Å². The summed E-state index contributed by atoms with van der Waals surface area (Å²) in [5, 5.41) is 12.5. The molecule has 4 aromatic rings. The lowest BCUT2D eigenvalue weighted by Gasteiger charge is -2.37. The van der Waals surface area contributed by atoms with Crippen molar-refractivity contribution >= 4 is 45.3 Å². The summed E-state index contributed by atoms with van der Waals surface area (Å²) in [4.78, 5) is 65.6. The highest BCUT2D eigenvalue weighted by atomic mass is 19.1. The molecule has 0 aliphatic carbocycles. The fourth-order valence-corrected chi connectivity index (χ4v) is 5.05. The van der Waals surface area contributed by atoms with E-state index in [4.69, 9.17) is 4.42 Å². The molecule has 1 fully saturated rings. The second kappa shape index (κ2) is 10.9. The summed E-state index contributed by atoms with van der Waals surface area (Å²) < 4.78 is 22.0. The van der Waals surface area contributed by atoms with Gasteiger partial charge in [-0.25, -0.2) is 14.0 Å². The highest BCUT2D eigenvalue weighted by Crippen LogP contribution is 2.26. The van der Waals surface area contributed by atoms with Crippen molar-refractivity contribution in [3.05, 3.63) is 86.2 Å². The van der Waals surface area contributed by atoms with E-state index in [2.05, 4.69) is 5.32 Å². The lowest BCUT2D eigenvalue weighted by molar-refractivity contribution is -0.133. The summed E-state index contributed by atoms with van der Waals surface area (Å²) >= 11 is 0. The Labute approximate surface area is 232 Å². The molecule has 2 aromatic carbocycles. The molecule has 3 heterocycles. The van der Waals surface area contributed by atoms with E-state index in [0.717, 1.165) is 6.07 Å². The number of carboxylic acid groups (broad SMARTS) is 1. The van der Waals surface area contributed by atoms with Gasteiger partial charge in [0.1, 0.15) is 28.6 Å². The highest BCUT2D eigenvalue weighted by molar-refractivity contribution is 5.99. The number of aromatic nitrogens is 1. The van der Waals surface area contributed by atoms with Gasteiger partial charge in [-0.05, 0) is 38.1 Å². The minimum Gasteiger partial charge on any atom is -0.477 e. The zero-order valence-corrected chi connectivity index (χ0v) is 22.3. The van der Waals surface area contributed by atoms with Crippen molar-refractivity contribution in [3.8, 4) is 0 Å². The van der Waals surface area contributed by atoms with Crippen LogP contribution in [-0.4, -0.2) is 64.6 Å². The van der Waals surface area contributed by atoms with Crippen molar-refractivity contribution in [1.29, 1.82) is 0 Å². The smallest absolute Gasteiger partial charge is 0.349 e. The highest BCUT2D eigenvalue weighted by Gasteiger charge is 2.28. The number of amides is 2. The van der Waals surface area contributed by atoms with Crippen LogP contribution in [0.3, 0.4) is 0 Å². The van der Waals surface area contributed by atoms with Crippen molar-refractivity contribution in [2.45, 2.75) is 26.4 Å². The molecule has 1 aliphatic heterocycles. The average Bonchev–Trinajstić information content (AvgIpc) is 2.96. The average molecular weight is 563 g/mol. The summed E-state index contributed by atoms with van der Waals surface area (Å²) in [5.41, 5.74) is -1.20. The molecule has 2 N–H and O–H groups in total. The second-order valence-corrected chi connectivity index (χ2v) is 9.78. The topological polar surface area (TPSA) is 142 Å². The largest absolute Gasteiger partial charge is 0.477 e. The molecule has 212 valence electrons. The van der Waals surface area contributed by atoms with Gasteiger partial charge in [0.05, 0.1) is 11.2 Å². The van der Waals surface area contributed by atoms with Crippen LogP contribution < -0.4 is 21.3 Å².